The molecule has 1 aromatic carbocycles. The average Bonchev–Trinajstić information content (AvgIpc) is 2.54. The predicted molar refractivity (Wildman–Crippen MR) is 84.7 cm³/mol. The molecule has 1 aliphatic rings. The second kappa shape index (κ2) is 8.73. The summed E-state index contributed by atoms with van der Waals surface area (Å²) < 4.78 is 11.0. The first-order chi connectivity index (χ1) is 10.7. The highest BCUT2D eigenvalue weighted by atomic mass is 16.5. The highest BCUT2D eigenvalue weighted by Gasteiger charge is 2.18. The zero-order chi connectivity index (χ0) is 15.8. The number of carbonyl (C=O) groups excluding carboxylic acids is 1. The number of hydrogen-bond donors (Lipinski definition) is 2. The van der Waals surface area contributed by atoms with Gasteiger partial charge in [0.15, 0.2) is 6.61 Å². The molecule has 0 spiro atoms. The molecule has 1 aromatic rings. The summed E-state index contributed by atoms with van der Waals surface area (Å²) in [6, 6.07) is 7.64. The fourth-order valence-electron chi connectivity index (χ4n) is 2.43. The van der Waals surface area contributed by atoms with Gasteiger partial charge in [-0.25, -0.2) is 0 Å². The van der Waals surface area contributed by atoms with E-state index in [9.17, 15) is 4.79 Å². The maximum atomic E-state index is 10.6. The van der Waals surface area contributed by atoms with E-state index < -0.39 is 5.91 Å². The van der Waals surface area contributed by atoms with E-state index in [-0.39, 0.29) is 12.7 Å². The number of ether oxygens (including phenoxy) is 2. The van der Waals surface area contributed by atoms with E-state index in [1.807, 2.05) is 24.3 Å². The van der Waals surface area contributed by atoms with Crippen molar-refractivity contribution in [3.05, 3.63) is 29.8 Å². The van der Waals surface area contributed by atoms with Crippen LogP contribution in [0, 0.1) is 0 Å². The summed E-state index contributed by atoms with van der Waals surface area (Å²) in [6.07, 6.45) is 0.256. The van der Waals surface area contributed by atoms with Crippen LogP contribution in [-0.2, 0) is 16.1 Å². The molecule has 3 N–H and O–H groups in total. The number of benzene rings is 1. The van der Waals surface area contributed by atoms with Gasteiger partial charge in [0.1, 0.15) is 5.75 Å². The van der Waals surface area contributed by atoms with E-state index in [2.05, 4.69) is 17.1 Å². The molecule has 6 heteroatoms. The van der Waals surface area contributed by atoms with Crippen molar-refractivity contribution in [2.24, 2.45) is 5.73 Å². The lowest BCUT2D eigenvalue weighted by Gasteiger charge is -2.32. The molecule has 122 valence electrons. The van der Waals surface area contributed by atoms with Crippen LogP contribution in [0.5, 0.6) is 5.75 Å². The third-order valence-electron chi connectivity index (χ3n) is 3.68. The monoisotopic (exact) mass is 307 g/mol. The Balaban J connectivity index is 1.69. The average molecular weight is 307 g/mol. The molecular weight excluding hydrogens is 282 g/mol. The molecular formula is C16H25N3O3. The summed E-state index contributed by atoms with van der Waals surface area (Å²) in [6.45, 7) is 7.61. The van der Waals surface area contributed by atoms with E-state index in [0.29, 0.717) is 5.75 Å². The number of morpholine rings is 1. The molecule has 0 radical (unpaired) electrons. The van der Waals surface area contributed by atoms with Gasteiger partial charge in [-0.15, -0.1) is 0 Å². The Morgan fingerprint density at radius 1 is 1.45 bits per heavy atom. The second-order valence-corrected chi connectivity index (χ2v) is 5.42. The number of hydrogen-bond acceptors (Lipinski definition) is 5. The standard InChI is InChI=1S/C16H25N3O3/c1-2-19-7-8-21-15(11-19)10-18-9-13-3-5-14(6-4-13)22-12-16(17)20/h3-6,15,18H,2,7-12H2,1H3,(H2,17,20)/t15-/m0/s1. The predicted octanol–water partition coefficient (Wildman–Crippen LogP) is 0.361. The molecule has 1 aliphatic heterocycles. The van der Waals surface area contributed by atoms with Crippen LogP contribution in [0.15, 0.2) is 24.3 Å². The molecule has 22 heavy (non-hydrogen) atoms. The lowest BCUT2D eigenvalue weighted by molar-refractivity contribution is -0.119. The quantitative estimate of drug-likeness (QED) is 0.725. The van der Waals surface area contributed by atoms with Gasteiger partial charge in [-0.05, 0) is 24.2 Å². The molecule has 6 nitrogen and oxygen atoms in total. The van der Waals surface area contributed by atoms with Crippen molar-refractivity contribution in [1.29, 1.82) is 0 Å². The smallest absolute Gasteiger partial charge is 0.255 e. The Bertz CT molecular complexity index is 464. The van der Waals surface area contributed by atoms with Crippen molar-refractivity contribution >= 4 is 5.91 Å². The maximum Gasteiger partial charge on any atom is 0.255 e. The Kier molecular flexibility index (Phi) is 6.64. The summed E-state index contributed by atoms with van der Waals surface area (Å²) >= 11 is 0. The van der Waals surface area contributed by atoms with Gasteiger partial charge < -0.3 is 20.5 Å². The van der Waals surface area contributed by atoms with Crippen LogP contribution in [-0.4, -0.2) is 56.3 Å². The largest absolute Gasteiger partial charge is 0.484 e. The number of rotatable bonds is 8. The van der Waals surface area contributed by atoms with Gasteiger partial charge in [0.25, 0.3) is 5.91 Å². The fraction of sp³-hybridized carbons (Fsp3) is 0.562. The molecule has 2 rings (SSSR count). The molecule has 1 amide bonds. The van der Waals surface area contributed by atoms with Crippen molar-refractivity contribution in [3.8, 4) is 5.75 Å². The van der Waals surface area contributed by atoms with Gasteiger partial charge in [-0.2, -0.15) is 0 Å². The van der Waals surface area contributed by atoms with Gasteiger partial charge in [0.05, 0.1) is 12.7 Å². The number of amides is 1. The lowest BCUT2D eigenvalue weighted by Crippen LogP contribution is -2.46. The van der Waals surface area contributed by atoms with Crippen LogP contribution in [0.2, 0.25) is 0 Å². The Hall–Kier alpha value is -1.63. The first kappa shape index (κ1) is 16.7. The summed E-state index contributed by atoms with van der Waals surface area (Å²) in [5.74, 6) is 0.177. The van der Waals surface area contributed by atoms with E-state index >= 15 is 0 Å². The van der Waals surface area contributed by atoms with E-state index in [0.717, 1.165) is 44.9 Å². The third kappa shape index (κ3) is 5.63. The fourth-order valence-corrected chi connectivity index (χ4v) is 2.43. The van der Waals surface area contributed by atoms with Crippen LogP contribution < -0.4 is 15.8 Å². The van der Waals surface area contributed by atoms with Crippen LogP contribution in [0.25, 0.3) is 0 Å². The zero-order valence-corrected chi connectivity index (χ0v) is 13.1. The lowest BCUT2D eigenvalue weighted by atomic mass is 10.2. The van der Waals surface area contributed by atoms with Gasteiger partial charge in [-0.1, -0.05) is 19.1 Å². The van der Waals surface area contributed by atoms with Crippen molar-refractivity contribution in [1.82, 2.24) is 10.2 Å². The number of carbonyl (C=O) groups is 1. The minimum atomic E-state index is -0.473. The second-order valence-electron chi connectivity index (χ2n) is 5.42. The van der Waals surface area contributed by atoms with E-state index in [1.165, 1.54) is 0 Å². The zero-order valence-electron chi connectivity index (χ0n) is 13.1. The molecule has 1 atom stereocenters. The van der Waals surface area contributed by atoms with Crippen LogP contribution >= 0.6 is 0 Å². The summed E-state index contributed by atoms with van der Waals surface area (Å²) in [5, 5.41) is 3.42. The number of nitrogens with zero attached hydrogens (tertiary/aromatic N) is 1. The van der Waals surface area contributed by atoms with Gasteiger partial charge in [0.2, 0.25) is 0 Å². The highest BCUT2D eigenvalue weighted by Crippen LogP contribution is 2.12. The minimum absolute atomic E-state index is 0.0927. The normalized spacial score (nSPS) is 19.0. The van der Waals surface area contributed by atoms with Crippen LogP contribution in [0.4, 0.5) is 0 Å². The van der Waals surface area contributed by atoms with Gasteiger partial charge in [-0.3, -0.25) is 9.69 Å². The Labute approximate surface area is 131 Å². The molecule has 0 bridgehead atoms. The molecule has 1 saturated heterocycles. The topological polar surface area (TPSA) is 76.8 Å². The SMILES string of the molecule is CCN1CCO[C@@H](CNCc2ccc(OCC(N)=O)cc2)C1. The van der Waals surface area contributed by atoms with Crippen molar-refractivity contribution in [3.63, 3.8) is 0 Å². The summed E-state index contributed by atoms with van der Waals surface area (Å²) in [5.41, 5.74) is 6.20. The maximum absolute atomic E-state index is 10.6. The van der Waals surface area contributed by atoms with E-state index in [4.69, 9.17) is 15.2 Å². The molecule has 0 aromatic heterocycles. The van der Waals surface area contributed by atoms with Gasteiger partial charge in [0, 0.05) is 26.2 Å². The van der Waals surface area contributed by atoms with Crippen LogP contribution in [0.3, 0.4) is 0 Å². The Morgan fingerprint density at radius 3 is 2.91 bits per heavy atom. The Morgan fingerprint density at radius 2 is 2.23 bits per heavy atom. The number of likely N-dealkylation sites (N-methyl/N-ethyl adjacent to an activating group) is 1. The molecule has 0 aliphatic carbocycles. The number of primary amides is 1. The van der Waals surface area contributed by atoms with Crippen molar-refractivity contribution < 1.29 is 14.3 Å². The summed E-state index contributed by atoms with van der Waals surface area (Å²) in [7, 11) is 0. The summed E-state index contributed by atoms with van der Waals surface area (Å²) in [4.78, 5) is 13.1. The third-order valence-corrected chi connectivity index (χ3v) is 3.68. The molecule has 0 saturated carbocycles. The van der Waals surface area contributed by atoms with E-state index in [1.54, 1.807) is 0 Å². The molecule has 1 heterocycles. The minimum Gasteiger partial charge on any atom is -0.484 e. The number of nitrogens with one attached hydrogen (secondary N) is 1. The van der Waals surface area contributed by atoms with Crippen molar-refractivity contribution in [2.45, 2.75) is 19.6 Å². The van der Waals surface area contributed by atoms with Gasteiger partial charge >= 0.3 is 0 Å². The highest BCUT2D eigenvalue weighted by molar-refractivity contribution is 5.75. The molecule has 1 fully saturated rings. The molecule has 0 unspecified atom stereocenters. The first-order valence-corrected chi connectivity index (χ1v) is 7.72. The number of nitrogens with two attached hydrogens (primary N) is 1. The first-order valence-electron chi connectivity index (χ1n) is 7.72. The van der Waals surface area contributed by atoms with Crippen molar-refractivity contribution in [2.75, 3.05) is 39.4 Å². The van der Waals surface area contributed by atoms with Crippen LogP contribution in [0.1, 0.15) is 12.5 Å².